The third-order valence-electron chi connectivity index (χ3n) is 5.13. The van der Waals surface area contributed by atoms with Gasteiger partial charge in [0.1, 0.15) is 16.1 Å². The Morgan fingerprint density at radius 3 is 2.41 bits per heavy atom. The van der Waals surface area contributed by atoms with Gasteiger partial charge >= 0.3 is 0 Å². The summed E-state index contributed by atoms with van der Waals surface area (Å²) in [5, 5.41) is 19.0. The third kappa shape index (κ3) is 4.98. The zero-order chi connectivity index (χ0) is 23.6. The number of nitrogens with zero attached hydrogens (tertiary/aromatic N) is 6. The zero-order valence-electron chi connectivity index (χ0n) is 19.1. The Balaban J connectivity index is 1.98. The molecule has 0 unspecified atom stereocenters. The lowest BCUT2D eigenvalue weighted by molar-refractivity contribution is 0.669. The molecular weight excluding hydrogens is 445 g/mol. The first-order chi connectivity index (χ1) is 15.1. The van der Waals surface area contributed by atoms with Crippen LogP contribution in [0.1, 0.15) is 50.6 Å². The molecule has 168 valence electrons. The van der Waals surface area contributed by atoms with E-state index in [4.69, 9.17) is 28.2 Å². The van der Waals surface area contributed by atoms with Gasteiger partial charge in [0, 0.05) is 24.2 Å². The summed E-state index contributed by atoms with van der Waals surface area (Å²) in [4.78, 5) is 10.8. The smallest absolute Gasteiger partial charge is 0.158 e. The number of fused-ring (bicyclic) bond motifs is 1. The van der Waals surface area contributed by atoms with Gasteiger partial charge in [-0.1, -0.05) is 37.0 Å². The quantitative estimate of drug-likeness (QED) is 0.363. The maximum Gasteiger partial charge on any atom is 0.158 e. The van der Waals surface area contributed by atoms with E-state index >= 15 is 0 Å². The third-order valence-corrected chi connectivity index (χ3v) is 5.52. The number of hydrogen-bond acceptors (Lipinski definition) is 6. The molecule has 0 fully saturated rings. The molecule has 3 aromatic heterocycles. The predicted octanol–water partition coefficient (Wildman–Crippen LogP) is 5.47. The molecule has 0 amide bonds. The van der Waals surface area contributed by atoms with Gasteiger partial charge in [0.15, 0.2) is 5.65 Å². The first-order valence-electron chi connectivity index (χ1n) is 10.4. The SMILES string of the molecule is Cc1nn(C)c2nc(CN/C(=C/C#N)N(c3cc(Cl)nc(Cl)c3)C(C)C)cc(C(C)C)c12. The molecule has 9 heteroatoms. The lowest BCUT2D eigenvalue weighted by atomic mass is 9.99. The van der Waals surface area contributed by atoms with E-state index in [0.717, 1.165) is 28.1 Å². The number of nitriles is 1. The average Bonchev–Trinajstić information content (AvgIpc) is 2.98. The first-order valence-corrected chi connectivity index (χ1v) is 11.2. The van der Waals surface area contributed by atoms with Crippen molar-refractivity contribution >= 4 is 39.9 Å². The summed E-state index contributed by atoms with van der Waals surface area (Å²) in [5.74, 6) is 0.944. The summed E-state index contributed by atoms with van der Waals surface area (Å²) < 4.78 is 1.81. The normalized spacial score (nSPS) is 12.0. The number of rotatable bonds is 7. The second-order valence-electron chi connectivity index (χ2n) is 8.21. The van der Waals surface area contributed by atoms with Crippen molar-refractivity contribution in [3.8, 4) is 6.07 Å². The van der Waals surface area contributed by atoms with Crippen molar-refractivity contribution in [2.75, 3.05) is 4.90 Å². The fraction of sp³-hybridized carbons (Fsp3) is 0.391. The number of halogens is 2. The molecule has 3 rings (SSSR count). The van der Waals surface area contributed by atoms with E-state index in [1.165, 1.54) is 11.6 Å². The van der Waals surface area contributed by atoms with Crippen molar-refractivity contribution in [1.29, 1.82) is 5.26 Å². The molecule has 0 aliphatic heterocycles. The number of pyridine rings is 2. The number of allylic oxidation sites excluding steroid dienone is 1. The lowest BCUT2D eigenvalue weighted by Gasteiger charge is -2.31. The van der Waals surface area contributed by atoms with E-state index in [0.29, 0.717) is 18.3 Å². The summed E-state index contributed by atoms with van der Waals surface area (Å²) in [6, 6.07) is 7.71. The van der Waals surface area contributed by atoms with Gasteiger partial charge in [0.05, 0.1) is 30.1 Å². The Morgan fingerprint density at radius 1 is 1.19 bits per heavy atom. The van der Waals surface area contributed by atoms with Gasteiger partial charge in [-0.05, 0) is 50.5 Å². The van der Waals surface area contributed by atoms with Gasteiger partial charge < -0.3 is 10.2 Å². The molecule has 0 spiro atoms. The van der Waals surface area contributed by atoms with E-state index in [-0.39, 0.29) is 16.3 Å². The summed E-state index contributed by atoms with van der Waals surface area (Å²) in [6.45, 7) is 10.8. The van der Waals surface area contributed by atoms with E-state index in [1.807, 2.05) is 37.4 Å². The predicted molar refractivity (Wildman–Crippen MR) is 130 cm³/mol. The van der Waals surface area contributed by atoms with Crippen molar-refractivity contribution in [3.05, 3.63) is 57.4 Å². The van der Waals surface area contributed by atoms with Crippen LogP contribution in [0.15, 0.2) is 30.1 Å². The number of nitrogens with one attached hydrogen (secondary N) is 1. The number of anilines is 1. The van der Waals surface area contributed by atoms with Crippen LogP contribution in [-0.2, 0) is 13.6 Å². The highest BCUT2D eigenvalue weighted by atomic mass is 35.5. The van der Waals surface area contributed by atoms with Gasteiger partial charge in [-0.15, -0.1) is 0 Å². The van der Waals surface area contributed by atoms with Gasteiger partial charge in [-0.2, -0.15) is 10.4 Å². The molecule has 3 heterocycles. The summed E-state index contributed by atoms with van der Waals surface area (Å²) in [5.41, 5.74) is 4.64. The second kappa shape index (κ2) is 9.76. The van der Waals surface area contributed by atoms with E-state index in [1.54, 1.807) is 12.1 Å². The maximum atomic E-state index is 9.43. The highest BCUT2D eigenvalue weighted by molar-refractivity contribution is 6.32. The Kier molecular flexibility index (Phi) is 7.27. The van der Waals surface area contributed by atoms with Crippen molar-refractivity contribution < 1.29 is 0 Å². The molecule has 7 nitrogen and oxygen atoms in total. The molecule has 0 atom stereocenters. The minimum atomic E-state index is 0.0259. The second-order valence-corrected chi connectivity index (χ2v) is 8.99. The highest BCUT2D eigenvalue weighted by Crippen LogP contribution is 2.29. The lowest BCUT2D eigenvalue weighted by Crippen LogP contribution is -2.37. The highest BCUT2D eigenvalue weighted by Gasteiger charge is 2.19. The minimum absolute atomic E-state index is 0.0259. The Bertz CT molecular complexity index is 1190. The Labute approximate surface area is 198 Å². The van der Waals surface area contributed by atoms with Crippen LogP contribution in [0.3, 0.4) is 0 Å². The fourth-order valence-electron chi connectivity index (χ4n) is 3.83. The molecule has 0 saturated heterocycles. The molecule has 0 radical (unpaired) electrons. The molecule has 0 aliphatic carbocycles. The maximum absolute atomic E-state index is 9.43. The van der Waals surface area contributed by atoms with E-state index < -0.39 is 0 Å². The zero-order valence-corrected chi connectivity index (χ0v) is 20.6. The molecule has 0 bridgehead atoms. The topological polar surface area (TPSA) is 82.7 Å². The Hall–Kier alpha value is -2.82. The number of hydrogen-bond donors (Lipinski definition) is 1. The van der Waals surface area contributed by atoms with Crippen molar-refractivity contribution in [2.45, 2.75) is 53.1 Å². The number of aryl methyl sites for hydroxylation is 2. The van der Waals surface area contributed by atoms with Crippen LogP contribution in [0.2, 0.25) is 10.3 Å². The van der Waals surface area contributed by atoms with Crippen LogP contribution < -0.4 is 10.2 Å². The Morgan fingerprint density at radius 2 is 1.84 bits per heavy atom. The van der Waals surface area contributed by atoms with Crippen LogP contribution in [0.5, 0.6) is 0 Å². The summed E-state index contributed by atoms with van der Waals surface area (Å²) >= 11 is 12.3. The molecule has 0 saturated carbocycles. The monoisotopic (exact) mass is 471 g/mol. The average molecular weight is 472 g/mol. The molecular formula is C23H27Cl2N7. The van der Waals surface area contributed by atoms with Crippen molar-refractivity contribution in [3.63, 3.8) is 0 Å². The van der Waals surface area contributed by atoms with Crippen LogP contribution >= 0.6 is 23.2 Å². The molecule has 32 heavy (non-hydrogen) atoms. The molecule has 3 aromatic rings. The van der Waals surface area contributed by atoms with E-state index in [2.05, 4.69) is 41.4 Å². The van der Waals surface area contributed by atoms with Gasteiger partial charge in [-0.25, -0.2) is 9.97 Å². The van der Waals surface area contributed by atoms with Crippen molar-refractivity contribution in [1.82, 2.24) is 25.1 Å². The van der Waals surface area contributed by atoms with Gasteiger partial charge in [-0.3, -0.25) is 4.68 Å². The van der Waals surface area contributed by atoms with Gasteiger partial charge in [0.25, 0.3) is 0 Å². The summed E-state index contributed by atoms with van der Waals surface area (Å²) in [6.07, 6.45) is 1.47. The summed E-state index contributed by atoms with van der Waals surface area (Å²) in [7, 11) is 1.90. The van der Waals surface area contributed by atoms with Crippen molar-refractivity contribution in [2.24, 2.45) is 7.05 Å². The standard InChI is InChI=1S/C23H27Cl2N7/c1-13(2)18-9-16(28-23-22(18)15(5)30-31(23)6)12-27-21(7-8-26)32(14(3)4)17-10-19(24)29-20(25)11-17/h7,9-11,13-14,27H,12H2,1-6H3/b21-7-. The molecule has 1 N–H and O–H groups in total. The van der Waals surface area contributed by atoms with Crippen LogP contribution in [-0.4, -0.2) is 25.8 Å². The van der Waals surface area contributed by atoms with Crippen LogP contribution in [0.25, 0.3) is 11.0 Å². The largest absolute Gasteiger partial charge is 0.365 e. The molecule has 0 aromatic carbocycles. The van der Waals surface area contributed by atoms with Gasteiger partial charge in [0.2, 0.25) is 0 Å². The fourth-order valence-corrected chi connectivity index (χ4v) is 4.28. The molecule has 0 aliphatic rings. The van der Waals surface area contributed by atoms with E-state index in [9.17, 15) is 5.26 Å². The van der Waals surface area contributed by atoms with Crippen LogP contribution in [0.4, 0.5) is 5.69 Å². The van der Waals surface area contributed by atoms with Crippen LogP contribution in [0, 0.1) is 18.3 Å². The number of aromatic nitrogens is 4. The minimum Gasteiger partial charge on any atom is -0.365 e. The first kappa shape index (κ1) is 23.8.